The lowest BCUT2D eigenvalue weighted by molar-refractivity contribution is 1.14. The molecule has 0 aromatic heterocycles. The van der Waals surface area contributed by atoms with Gasteiger partial charge in [-0.2, -0.15) is 0 Å². The highest BCUT2D eigenvalue weighted by molar-refractivity contribution is 6.80. The van der Waals surface area contributed by atoms with Gasteiger partial charge in [-0.05, 0) is 13.0 Å². The average Bonchev–Trinajstić information content (AvgIpc) is 2.08. The Morgan fingerprint density at radius 3 is 1.82 bits per heavy atom. The molecule has 0 fully saturated rings. The summed E-state index contributed by atoms with van der Waals surface area (Å²) in [6.45, 7) is 10.8. The maximum absolute atomic E-state index is 3.73. The van der Waals surface area contributed by atoms with Crippen molar-refractivity contribution in [2.24, 2.45) is 0 Å². The largest absolute Gasteiger partial charge is 0.0912 e. The van der Waals surface area contributed by atoms with Crippen LogP contribution < -0.4 is 0 Å². The lowest BCUT2D eigenvalue weighted by atomic mass is 10.6. The molecule has 0 unspecified atom stereocenters. The zero-order chi connectivity index (χ0) is 8.74. The Bertz CT molecular complexity index is 104. The first-order chi connectivity index (χ1) is 5.24. The number of hydrogen-bond acceptors (Lipinski definition) is 0. The normalized spacial score (nSPS) is 12.7. The maximum Gasteiger partial charge on any atom is 0.0565 e. The van der Waals surface area contributed by atoms with Gasteiger partial charge in [-0.1, -0.05) is 51.1 Å². The van der Waals surface area contributed by atoms with Crippen molar-refractivity contribution in [3.8, 4) is 0 Å². The van der Waals surface area contributed by atoms with E-state index in [1.807, 2.05) is 6.08 Å². The summed E-state index contributed by atoms with van der Waals surface area (Å²) in [5.41, 5.74) is 0. The van der Waals surface area contributed by atoms with Gasteiger partial charge in [0.2, 0.25) is 0 Å². The van der Waals surface area contributed by atoms with Crippen LogP contribution in [-0.2, 0) is 0 Å². The lowest BCUT2D eigenvalue weighted by Crippen LogP contribution is -2.29. The van der Waals surface area contributed by atoms with Crippen molar-refractivity contribution in [1.29, 1.82) is 0 Å². The summed E-state index contributed by atoms with van der Waals surface area (Å²) < 4.78 is 0. The Kier molecular flexibility index (Phi) is 5.57. The third-order valence-electron chi connectivity index (χ3n) is 2.97. The molecule has 0 amide bonds. The predicted molar refractivity (Wildman–Crippen MR) is 56.5 cm³/mol. The molecule has 11 heavy (non-hydrogen) atoms. The minimum absolute atomic E-state index is 0.865. The van der Waals surface area contributed by atoms with Crippen molar-refractivity contribution in [3.05, 3.63) is 19.1 Å². The van der Waals surface area contributed by atoms with E-state index in [4.69, 9.17) is 0 Å². The van der Waals surface area contributed by atoms with Gasteiger partial charge in [0, 0.05) is 0 Å². The molecular formula is C10H21Si. The molecule has 0 N–H and O–H groups in total. The predicted octanol–water partition coefficient (Wildman–Crippen LogP) is 3.89. The molecule has 0 atom stereocenters. The van der Waals surface area contributed by atoms with E-state index in [1.165, 1.54) is 24.2 Å². The van der Waals surface area contributed by atoms with Crippen molar-refractivity contribution in [2.45, 2.75) is 44.9 Å². The van der Waals surface area contributed by atoms with Gasteiger partial charge in [0.25, 0.3) is 0 Å². The van der Waals surface area contributed by atoms with E-state index in [0.29, 0.717) is 0 Å². The highest BCUT2D eigenvalue weighted by atomic mass is 28.3. The van der Waals surface area contributed by atoms with E-state index in [2.05, 4.69) is 33.8 Å². The molecule has 1 radical (unpaired) electrons. The van der Waals surface area contributed by atoms with Crippen molar-refractivity contribution in [1.82, 2.24) is 0 Å². The Labute approximate surface area is 72.7 Å². The molecule has 0 aromatic carbocycles. The van der Waals surface area contributed by atoms with Crippen molar-refractivity contribution >= 4 is 8.07 Å². The second-order valence-electron chi connectivity index (χ2n) is 3.24. The second kappa shape index (κ2) is 5.59. The van der Waals surface area contributed by atoms with Crippen LogP contribution in [0.25, 0.3) is 0 Å². The van der Waals surface area contributed by atoms with Crippen molar-refractivity contribution in [2.75, 3.05) is 0 Å². The number of allylic oxidation sites excluding steroid dienone is 2. The quantitative estimate of drug-likeness (QED) is 0.548. The van der Waals surface area contributed by atoms with Gasteiger partial charge >= 0.3 is 0 Å². The van der Waals surface area contributed by atoms with E-state index in [-0.39, 0.29) is 0 Å². The van der Waals surface area contributed by atoms with Crippen molar-refractivity contribution in [3.63, 3.8) is 0 Å². The van der Waals surface area contributed by atoms with E-state index >= 15 is 0 Å². The molecule has 0 bridgehead atoms. The summed E-state index contributed by atoms with van der Waals surface area (Å²) in [4.78, 5) is 0. The zero-order valence-electron chi connectivity index (χ0n) is 8.19. The maximum atomic E-state index is 3.73. The van der Waals surface area contributed by atoms with E-state index in [1.54, 1.807) is 0 Å². The fraction of sp³-hybridized carbons (Fsp3) is 0.700. The molecule has 0 aliphatic rings. The Hall–Kier alpha value is -0.0431. The topological polar surface area (TPSA) is 0 Å². The number of hydrogen-bond donors (Lipinski definition) is 0. The zero-order valence-corrected chi connectivity index (χ0v) is 9.19. The van der Waals surface area contributed by atoms with Crippen LogP contribution in [0.4, 0.5) is 0 Å². The fourth-order valence-electron chi connectivity index (χ4n) is 1.52. The summed E-state index contributed by atoms with van der Waals surface area (Å²) in [6.07, 6.45) is 4.20. The Morgan fingerprint density at radius 2 is 1.55 bits per heavy atom. The minimum Gasteiger partial charge on any atom is -0.0912 e. The van der Waals surface area contributed by atoms with Gasteiger partial charge in [0.15, 0.2) is 0 Å². The lowest BCUT2D eigenvalue weighted by Gasteiger charge is -2.26. The van der Waals surface area contributed by atoms with Crippen LogP contribution >= 0.6 is 0 Å². The van der Waals surface area contributed by atoms with E-state index < -0.39 is 8.07 Å². The molecule has 0 aromatic rings. The first-order valence-corrected chi connectivity index (χ1v) is 7.51. The van der Waals surface area contributed by atoms with Crippen LogP contribution in [0.1, 0.15) is 20.8 Å². The van der Waals surface area contributed by atoms with Crippen LogP contribution in [0.5, 0.6) is 0 Å². The SMILES string of the molecule is [CH2]C=CC[Si](CC)(CC)CC. The summed E-state index contributed by atoms with van der Waals surface area (Å²) in [5, 5.41) is 0. The first kappa shape index (κ1) is 11.0. The molecule has 0 rings (SSSR count). The fourth-order valence-corrected chi connectivity index (χ4v) is 4.55. The van der Waals surface area contributed by atoms with Gasteiger partial charge in [0.1, 0.15) is 0 Å². The van der Waals surface area contributed by atoms with Crippen LogP contribution in [-0.4, -0.2) is 8.07 Å². The van der Waals surface area contributed by atoms with E-state index in [0.717, 1.165) is 0 Å². The Balaban J connectivity index is 4.04. The van der Waals surface area contributed by atoms with Gasteiger partial charge < -0.3 is 0 Å². The molecule has 65 valence electrons. The van der Waals surface area contributed by atoms with Gasteiger partial charge in [-0.3, -0.25) is 0 Å². The number of rotatable bonds is 5. The summed E-state index contributed by atoms with van der Waals surface area (Å²) in [7, 11) is -0.865. The molecule has 0 saturated heterocycles. The highest BCUT2D eigenvalue weighted by Crippen LogP contribution is 2.25. The summed E-state index contributed by atoms with van der Waals surface area (Å²) in [5.74, 6) is 0. The monoisotopic (exact) mass is 169 g/mol. The smallest absolute Gasteiger partial charge is 0.0565 e. The molecule has 0 saturated carbocycles. The third kappa shape index (κ3) is 3.24. The molecule has 0 spiro atoms. The first-order valence-electron chi connectivity index (χ1n) is 4.69. The highest BCUT2D eigenvalue weighted by Gasteiger charge is 2.24. The van der Waals surface area contributed by atoms with Gasteiger partial charge in [-0.15, -0.1) is 0 Å². The Morgan fingerprint density at radius 1 is 1.09 bits per heavy atom. The molecule has 0 aliphatic heterocycles. The van der Waals surface area contributed by atoms with E-state index in [9.17, 15) is 0 Å². The molecule has 0 aliphatic carbocycles. The summed E-state index contributed by atoms with van der Waals surface area (Å²) >= 11 is 0. The molecule has 0 nitrogen and oxygen atoms in total. The molecular weight excluding hydrogens is 148 g/mol. The minimum atomic E-state index is -0.865. The van der Waals surface area contributed by atoms with Crippen molar-refractivity contribution < 1.29 is 0 Å². The average molecular weight is 169 g/mol. The molecule has 0 heterocycles. The second-order valence-corrected chi connectivity index (χ2v) is 8.77. The standard InChI is InChI=1S/C10H21Si/c1-5-9-10-11(6-2,7-3)8-4/h5,9H,1,6-8,10H2,2-4H3. The summed E-state index contributed by atoms with van der Waals surface area (Å²) in [6, 6.07) is 5.60. The van der Waals surface area contributed by atoms with Crippen LogP contribution in [0.3, 0.4) is 0 Å². The van der Waals surface area contributed by atoms with Crippen LogP contribution in [0.15, 0.2) is 12.2 Å². The molecule has 1 heteroatoms. The van der Waals surface area contributed by atoms with Crippen LogP contribution in [0, 0.1) is 6.92 Å². The third-order valence-corrected chi connectivity index (χ3v) is 8.57. The van der Waals surface area contributed by atoms with Crippen LogP contribution in [0.2, 0.25) is 24.2 Å². The van der Waals surface area contributed by atoms with Gasteiger partial charge in [-0.25, -0.2) is 0 Å². The van der Waals surface area contributed by atoms with Gasteiger partial charge in [0.05, 0.1) is 8.07 Å².